The molecule has 0 saturated heterocycles. The van der Waals surface area contributed by atoms with Crippen molar-refractivity contribution >= 4 is 35.4 Å². The number of esters is 1. The smallest absolute Gasteiger partial charge is 0.316 e. The van der Waals surface area contributed by atoms with E-state index in [4.69, 9.17) is 9.26 Å². The lowest BCUT2D eigenvalue weighted by atomic mass is 10.4. The van der Waals surface area contributed by atoms with E-state index in [1.54, 1.807) is 19.9 Å². The van der Waals surface area contributed by atoms with Gasteiger partial charge in [-0.05, 0) is 26.7 Å². The Kier molecular flexibility index (Phi) is 6.03. The first kappa shape index (κ1) is 17.3. The molecule has 2 rings (SSSR count). The molecule has 9 heteroatoms. The van der Waals surface area contributed by atoms with Crippen LogP contribution in [0.25, 0.3) is 0 Å². The second kappa shape index (κ2) is 8.00. The Hall–Kier alpha value is -2.03. The molecule has 1 aromatic rings. The van der Waals surface area contributed by atoms with E-state index in [1.165, 1.54) is 0 Å². The van der Waals surface area contributed by atoms with Gasteiger partial charge in [0.2, 0.25) is 5.91 Å². The predicted molar refractivity (Wildman–Crippen MR) is 83.9 cm³/mol. The van der Waals surface area contributed by atoms with Crippen molar-refractivity contribution in [2.75, 3.05) is 17.7 Å². The minimum Gasteiger partial charge on any atom is -0.455 e. The topological polar surface area (TPSA) is 111 Å². The highest BCUT2D eigenvalue weighted by molar-refractivity contribution is 8.01. The number of carbonyl (C=O) groups excluding carboxylic acids is 3. The van der Waals surface area contributed by atoms with Crippen molar-refractivity contribution in [3.8, 4) is 0 Å². The highest BCUT2D eigenvalue weighted by atomic mass is 32.2. The van der Waals surface area contributed by atoms with E-state index in [-0.39, 0.29) is 30.2 Å². The van der Waals surface area contributed by atoms with Gasteiger partial charge in [0, 0.05) is 12.1 Å². The maximum absolute atomic E-state index is 11.9. The number of ether oxygens (including phenoxy) is 1. The Morgan fingerprint density at radius 2 is 2.22 bits per heavy atom. The van der Waals surface area contributed by atoms with Crippen molar-refractivity contribution in [3.63, 3.8) is 0 Å². The Balaban J connectivity index is 1.62. The maximum atomic E-state index is 11.9. The van der Waals surface area contributed by atoms with E-state index in [1.807, 2.05) is 0 Å². The summed E-state index contributed by atoms with van der Waals surface area (Å²) in [5.41, 5.74) is 0. The van der Waals surface area contributed by atoms with Gasteiger partial charge in [0.25, 0.3) is 5.91 Å². The average Bonchev–Trinajstić information content (AvgIpc) is 3.23. The van der Waals surface area contributed by atoms with Crippen molar-refractivity contribution < 1.29 is 23.6 Å². The minimum atomic E-state index is -0.530. The molecule has 1 saturated carbocycles. The predicted octanol–water partition coefficient (Wildman–Crippen LogP) is 0.865. The van der Waals surface area contributed by atoms with Crippen LogP contribution in [0.4, 0.5) is 5.82 Å². The van der Waals surface area contributed by atoms with E-state index >= 15 is 0 Å². The van der Waals surface area contributed by atoms with Gasteiger partial charge >= 0.3 is 5.97 Å². The fourth-order valence-electron chi connectivity index (χ4n) is 1.61. The van der Waals surface area contributed by atoms with Crippen LogP contribution in [0.1, 0.15) is 25.5 Å². The molecular formula is C14H19N3O5S. The molecule has 1 aliphatic carbocycles. The van der Waals surface area contributed by atoms with Crippen LogP contribution in [-0.2, 0) is 19.1 Å². The fourth-order valence-corrected chi connectivity index (χ4v) is 2.29. The SMILES string of the molecule is Cc1cc(NC(=O)[C@H](C)SCC(=O)OCC(=O)NC2CC2)no1. The molecule has 2 N–H and O–H groups in total. The zero-order valence-electron chi connectivity index (χ0n) is 13.0. The summed E-state index contributed by atoms with van der Waals surface area (Å²) in [6.45, 7) is 3.10. The average molecular weight is 341 g/mol. The van der Waals surface area contributed by atoms with Crippen LogP contribution in [0.3, 0.4) is 0 Å². The summed E-state index contributed by atoms with van der Waals surface area (Å²) >= 11 is 1.12. The van der Waals surface area contributed by atoms with Crippen molar-refractivity contribution in [1.82, 2.24) is 10.5 Å². The van der Waals surface area contributed by atoms with Gasteiger partial charge < -0.3 is 19.9 Å². The zero-order chi connectivity index (χ0) is 16.8. The van der Waals surface area contributed by atoms with Gasteiger partial charge in [-0.3, -0.25) is 14.4 Å². The van der Waals surface area contributed by atoms with Gasteiger partial charge in [-0.25, -0.2) is 0 Å². The molecule has 0 unspecified atom stereocenters. The molecule has 1 aliphatic rings. The van der Waals surface area contributed by atoms with Crippen LogP contribution >= 0.6 is 11.8 Å². The normalized spacial score (nSPS) is 14.9. The van der Waals surface area contributed by atoms with E-state index in [2.05, 4.69) is 15.8 Å². The van der Waals surface area contributed by atoms with Crippen LogP contribution in [0.15, 0.2) is 10.6 Å². The number of aromatic nitrogens is 1. The molecule has 0 spiro atoms. The number of nitrogens with zero attached hydrogens (tertiary/aromatic N) is 1. The molecule has 1 aromatic heterocycles. The number of hydrogen-bond acceptors (Lipinski definition) is 7. The molecular weight excluding hydrogens is 322 g/mol. The number of thioether (sulfide) groups is 1. The molecule has 1 heterocycles. The molecule has 1 fully saturated rings. The lowest BCUT2D eigenvalue weighted by Gasteiger charge is -2.10. The Labute approximate surface area is 137 Å². The van der Waals surface area contributed by atoms with Crippen molar-refractivity contribution in [3.05, 3.63) is 11.8 Å². The highest BCUT2D eigenvalue weighted by Gasteiger charge is 2.23. The van der Waals surface area contributed by atoms with Gasteiger partial charge in [-0.15, -0.1) is 11.8 Å². The van der Waals surface area contributed by atoms with E-state index in [9.17, 15) is 14.4 Å². The number of amides is 2. The summed E-state index contributed by atoms with van der Waals surface area (Å²) in [6.07, 6.45) is 1.96. The third-order valence-electron chi connectivity index (χ3n) is 3.01. The Bertz CT molecular complexity index is 585. The first-order valence-electron chi connectivity index (χ1n) is 7.25. The standard InChI is InChI=1S/C14H19N3O5S/c1-8-5-11(17-22-8)16-14(20)9(2)23-7-13(19)21-6-12(18)15-10-3-4-10/h5,9-10H,3-4,6-7H2,1-2H3,(H,15,18)(H,16,17,20)/t9-/m0/s1. The first-order valence-corrected chi connectivity index (χ1v) is 8.29. The summed E-state index contributed by atoms with van der Waals surface area (Å²) < 4.78 is 9.70. The number of carbonyl (C=O) groups is 3. The number of rotatable bonds is 8. The lowest BCUT2D eigenvalue weighted by Crippen LogP contribution is -2.31. The van der Waals surface area contributed by atoms with Gasteiger partial charge in [-0.2, -0.15) is 0 Å². The summed E-state index contributed by atoms with van der Waals surface area (Å²) in [6, 6.07) is 1.83. The summed E-state index contributed by atoms with van der Waals surface area (Å²) in [7, 11) is 0. The third kappa shape index (κ3) is 6.31. The minimum absolute atomic E-state index is 0.0108. The van der Waals surface area contributed by atoms with Crippen LogP contribution in [0, 0.1) is 6.92 Å². The maximum Gasteiger partial charge on any atom is 0.316 e. The largest absolute Gasteiger partial charge is 0.455 e. The molecule has 0 aliphatic heterocycles. The van der Waals surface area contributed by atoms with Gasteiger partial charge in [0.05, 0.1) is 11.0 Å². The van der Waals surface area contributed by atoms with Crippen molar-refractivity contribution in [2.45, 2.75) is 38.0 Å². The summed E-state index contributed by atoms with van der Waals surface area (Å²) in [5.74, 6) is -0.199. The second-order valence-corrected chi connectivity index (χ2v) is 6.60. The quantitative estimate of drug-likeness (QED) is 0.675. The molecule has 23 heavy (non-hydrogen) atoms. The van der Waals surface area contributed by atoms with Crippen LogP contribution in [0.2, 0.25) is 0 Å². The zero-order valence-corrected chi connectivity index (χ0v) is 13.8. The third-order valence-corrected chi connectivity index (χ3v) is 4.12. The molecule has 1 atom stereocenters. The Morgan fingerprint density at radius 3 is 2.83 bits per heavy atom. The summed E-state index contributed by atoms with van der Waals surface area (Å²) in [4.78, 5) is 34.8. The van der Waals surface area contributed by atoms with Crippen molar-refractivity contribution in [2.24, 2.45) is 0 Å². The first-order chi connectivity index (χ1) is 10.9. The van der Waals surface area contributed by atoms with Crippen LogP contribution in [-0.4, -0.2) is 46.6 Å². The molecule has 2 amide bonds. The van der Waals surface area contributed by atoms with Crippen LogP contribution in [0.5, 0.6) is 0 Å². The number of nitrogens with one attached hydrogen (secondary N) is 2. The lowest BCUT2D eigenvalue weighted by molar-refractivity contribution is -0.145. The molecule has 8 nitrogen and oxygen atoms in total. The number of anilines is 1. The molecule has 0 radical (unpaired) electrons. The number of aryl methyl sites for hydroxylation is 1. The molecule has 126 valence electrons. The second-order valence-electron chi connectivity index (χ2n) is 5.27. The van der Waals surface area contributed by atoms with Gasteiger partial charge in [0.1, 0.15) is 5.76 Å². The monoisotopic (exact) mass is 341 g/mol. The van der Waals surface area contributed by atoms with E-state index in [0.29, 0.717) is 11.6 Å². The van der Waals surface area contributed by atoms with Gasteiger partial charge in [-0.1, -0.05) is 5.16 Å². The van der Waals surface area contributed by atoms with E-state index < -0.39 is 11.2 Å². The Morgan fingerprint density at radius 1 is 1.48 bits per heavy atom. The van der Waals surface area contributed by atoms with E-state index in [0.717, 1.165) is 24.6 Å². The van der Waals surface area contributed by atoms with Crippen LogP contribution < -0.4 is 10.6 Å². The fraction of sp³-hybridized carbons (Fsp3) is 0.571. The van der Waals surface area contributed by atoms with Crippen molar-refractivity contribution in [1.29, 1.82) is 0 Å². The summed E-state index contributed by atoms with van der Waals surface area (Å²) in [5, 5.41) is 8.49. The highest BCUT2D eigenvalue weighted by Crippen LogP contribution is 2.18. The molecule has 0 bridgehead atoms. The number of hydrogen-bond donors (Lipinski definition) is 2. The van der Waals surface area contributed by atoms with Gasteiger partial charge in [0.15, 0.2) is 12.4 Å². The molecule has 0 aromatic carbocycles.